The second kappa shape index (κ2) is 8.09. The van der Waals surface area contributed by atoms with E-state index in [-0.39, 0.29) is 0 Å². The number of hydrogen-bond acceptors (Lipinski definition) is 4. The molecule has 4 saturated carbocycles. The van der Waals surface area contributed by atoms with Crippen molar-refractivity contribution < 1.29 is 14.2 Å². The van der Waals surface area contributed by atoms with E-state index in [9.17, 15) is 0 Å². The zero-order chi connectivity index (χ0) is 15.3. The Bertz CT molecular complexity index is 299. The largest absolute Gasteiger partial charge is 0.379 e. The molecule has 22 heavy (non-hydrogen) atoms. The van der Waals surface area contributed by atoms with E-state index in [0.29, 0.717) is 45.0 Å². The summed E-state index contributed by atoms with van der Waals surface area (Å²) in [5.74, 6) is 3.13. The van der Waals surface area contributed by atoms with Crippen LogP contribution in [0.25, 0.3) is 0 Å². The molecular formula is C18H33NO3. The van der Waals surface area contributed by atoms with Gasteiger partial charge in [0.1, 0.15) is 0 Å². The first-order valence-electron chi connectivity index (χ1n) is 9.23. The summed E-state index contributed by atoms with van der Waals surface area (Å²) in [6.45, 7) is 4.76. The maximum Gasteiger partial charge on any atom is 0.0701 e. The molecule has 4 fully saturated rings. The van der Waals surface area contributed by atoms with Crippen LogP contribution in [0.4, 0.5) is 0 Å². The number of nitrogens with two attached hydrogens (primary N) is 1. The van der Waals surface area contributed by atoms with E-state index < -0.39 is 0 Å². The minimum absolute atomic E-state index is 0.577. The maximum absolute atomic E-state index is 5.81. The monoisotopic (exact) mass is 311 g/mol. The van der Waals surface area contributed by atoms with Gasteiger partial charge >= 0.3 is 0 Å². The van der Waals surface area contributed by atoms with Crippen molar-refractivity contribution in [3.05, 3.63) is 0 Å². The highest BCUT2D eigenvalue weighted by molar-refractivity contribution is 5.01. The summed E-state index contributed by atoms with van der Waals surface area (Å²) in [5, 5.41) is 0. The first-order valence-corrected chi connectivity index (χ1v) is 9.23. The summed E-state index contributed by atoms with van der Waals surface area (Å²) in [6.07, 6.45) is 10.3. The van der Waals surface area contributed by atoms with Gasteiger partial charge < -0.3 is 19.9 Å². The van der Waals surface area contributed by atoms with Gasteiger partial charge in [0.2, 0.25) is 0 Å². The minimum atomic E-state index is 0.577. The van der Waals surface area contributed by atoms with Crippen LogP contribution in [0.5, 0.6) is 0 Å². The first-order chi connectivity index (χ1) is 10.8. The second-order valence-corrected chi connectivity index (χ2v) is 7.79. The lowest BCUT2D eigenvalue weighted by atomic mass is 9.49. The molecule has 0 aromatic heterocycles. The quantitative estimate of drug-likeness (QED) is 0.596. The summed E-state index contributed by atoms with van der Waals surface area (Å²) in [4.78, 5) is 0. The molecule has 2 N–H and O–H groups in total. The lowest BCUT2D eigenvalue weighted by Crippen LogP contribution is -2.46. The Balaban J connectivity index is 1.22. The molecule has 4 nitrogen and oxygen atoms in total. The van der Waals surface area contributed by atoms with E-state index in [1.807, 2.05) is 0 Å². The molecule has 0 heterocycles. The van der Waals surface area contributed by atoms with Gasteiger partial charge in [0, 0.05) is 13.2 Å². The maximum atomic E-state index is 5.81. The normalized spacial score (nSPS) is 36.1. The molecule has 0 amide bonds. The third kappa shape index (κ3) is 4.44. The van der Waals surface area contributed by atoms with E-state index in [4.69, 9.17) is 19.9 Å². The van der Waals surface area contributed by atoms with E-state index in [0.717, 1.165) is 24.4 Å². The third-order valence-electron chi connectivity index (χ3n) is 5.95. The molecule has 0 saturated heterocycles. The standard InChI is InChI=1S/C18H33NO3/c19-2-4-21-6-8-22-7-5-20-3-1-18-12-15-9-16(13-18)11-17(10-15)14-18/h15-17H,1-14,19H2. The minimum Gasteiger partial charge on any atom is -0.379 e. The molecule has 4 heteroatoms. The SMILES string of the molecule is NCCOCCOCCOCCC12CC3CC(CC(C3)C1)C2. The van der Waals surface area contributed by atoms with Crippen molar-refractivity contribution in [3.63, 3.8) is 0 Å². The Hall–Kier alpha value is -0.160. The van der Waals surface area contributed by atoms with Crippen LogP contribution < -0.4 is 5.73 Å². The summed E-state index contributed by atoms with van der Waals surface area (Å²) in [7, 11) is 0. The average molecular weight is 311 g/mol. The van der Waals surface area contributed by atoms with Crippen LogP contribution in [0.2, 0.25) is 0 Å². The topological polar surface area (TPSA) is 53.7 Å². The molecule has 0 aliphatic heterocycles. The van der Waals surface area contributed by atoms with Crippen molar-refractivity contribution in [2.24, 2.45) is 28.9 Å². The van der Waals surface area contributed by atoms with Crippen molar-refractivity contribution >= 4 is 0 Å². The highest BCUT2D eigenvalue weighted by Crippen LogP contribution is 2.61. The molecule has 0 unspecified atom stereocenters. The summed E-state index contributed by atoms with van der Waals surface area (Å²) in [6, 6.07) is 0. The highest BCUT2D eigenvalue weighted by Gasteiger charge is 2.50. The Morgan fingerprint density at radius 2 is 1.14 bits per heavy atom. The Morgan fingerprint density at radius 1 is 0.682 bits per heavy atom. The van der Waals surface area contributed by atoms with Crippen molar-refractivity contribution in [3.8, 4) is 0 Å². The summed E-state index contributed by atoms with van der Waals surface area (Å²) >= 11 is 0. The molecule has 4 aliphatic carbocycles. The zero-order valence-electron chi connectivity index (χ0n) is 13.9. The molecule has 0 aromatic carbocycles. The lowest BCUT2D eigenvalue weighted by Gasteiger charge is -2.57. The fraction of sp³-hybridized carbons (Fsp3) is 1.00. The van der Waals surface area contributed by atoms with Crippen molar-refractivity contribution in [2.75, 3.05) is 46.2 Å². The van der Waals surface area contributed by atoms with E-state index in [1.54, 1.807) is 0 Å². The summed E-state index contributed by atoms with van der Waals surface area (Å²) < 4.78 is 16.6. The molecule has 0 atom stereocenters. The van der Waals surface area contributed by atoms with Crippen LogP contribution in [0.3, 0.4) is 0 Å². The molecular weight excluding hydrogens is 278 g/mol. The van der Waals surface area contributed by atoms with Gasteiger partial charge in [-0.15, -0.1) is 0 Å². The van der Waals surface area contributed by atoms with Gasteiger partial charge in [0.25, 0.3) is 0 Å². The van der Waals surface area contributed by atoms with Crippen LogP contribution in [0.15, 0.2) is 0 Å². The average Bonchev–Trinajstić information content (AvgIpc) is 2.48. The van der Waals surface area contributed by atoms with Crippen LogP contribution >= 0.6 is 0 Å². The predicted octanol–water partition coefficient (Wildman–Crippen LogP) is 2.60. The van der Waals surface area contributed by atoms with Gasteiger partial charge in [-0.3, -0.25) is 0 Å². The van der Waals surface area contributed by atoms with E-state index in [1.165, 1.54) is 44.9 Å². The fourth-order valence-corrected chi connectivity index (χ4v) is 5.51. The molecule has 4 aliphatic rings. The molecule has 4 rings (SSSR count). The van der Waals surface area contributed by atoms with Crippen molar-refractivity contribution in [1.82, 2.24) is 0 Å². The van der Waals surface area contributed by atoms with Crippen LogP contribution in [0, 0.1) is 23.2 Å². The van der Waals surface area contributed by atoms with Crippen LogP contribution in [-0.4, -0.2) is 46.2 Å². The van der Waals surface area contributed by atoms with Crippen LogP contribution in [0.1, 0.15) is 44.9 Å². The van der Waals surface area contributed by atoms with E-state index in [2.05, 4.69) is 0 Å². The highest BCUT2D eigenvalue weighted by atomic mass is 16.5. The van der Waals surface area contributed by atoms with Crippen LogP contribution in [-0.2, 0) is 14.2 Å². The summed E-state index contributed by atoms with van der Waals surface area (Å²) in [5.41, 5.74) is 5.99. The number of hydrogen-bond donors (Lipinski definition) is 1. The zero-order valence-corrected chi connectivity index (χ0v) is 13.9. The van der Waals surface area contributed by atoms with Crippen molar-refractivity contribution in [2.45, 2.75) is 44.9 Å². The fourth-order valence-electron chi connectivity index (χ4n) is 5.51. The van der Waals surface area contributed by atoms with Gasteiger partial charge in [-0.25, -0.2) is 0 Å². The molecule has 4 bridgehead atoms. The Labute approximate surface area is 135 Å². The van der Waals surface area contributed by atoms with Gasteiger partial charge in [-0.05, 0) is 68.1 Å². The molecule has 0 spiro atoms. The number of ether oxygens (including phenoxy) is 3. The van der Waals surface area contributed by atoms with Crippen molar-refractivity contribution in [1.29, 1.82) is 0 Å². The molecule has 0 aromatic rings. The first kappa shape index (κ1) is 16.7. The third-order valence-corrected chi connectivity index (χ3v) is 5.95. The van der Waals surface area contributed by atoms with Gasteiger partial charge in [0.05, 0.1) is 33.0 Å². The molecule has 0 radical (unpaired) electrons. The molecule has 128 valence electrons. The number of rotatable bonds is 11. The van der Waals surface area contributed by atoms with Gasteiger partial charge in [-0.1, -0.05) is 0 Å². The Kier molecular flexibility index (Phi) is 6.14. The predicted molar refractivity (Wildman–Crippen MR) is 86.7 cm³/mol. The smallest absolute Gasteiger partial charge is 0.0701 e. The Morgan fingerprint density at radius 3 is 1.64 bits per heavy atom. The van der Waals surface area contributed by atoms with E-state index >= 15 is 0 Å². The van der Waals surface area contributed by atoms with Gasteiger partial charge in [-0.2, -0.15) is 0 Å². The van der Waals surface area contributed by atoms with Gasteiger partial charge in [0.15, 0.2) is 0 Å². The second-order valence-electron chi connectivity index (χ2n) is 7.79. The lowest BCUT2D eigenvalue weighted by molar-refractivity contribution is -0.0717.